The highest BCUT2D eigenvalue weighted by Crippen LogP contribution is 2.33. The Balaban J connectivity index is 1.76. The van der Waals surface area contributed by atoms with E-state index in [4.69, 9.17) is 0 Å². The Morgan fingerprint density at radius 3 is 2.90 bits per heavy atom. The topological polar surface area (TPSA) is 24.9 Å². The molecule has 1 N–H and O–H groups in total. The van der Waals surface area contributed by atoms with Crippen LogP contribution in [0, 0.1) is 5.92 Å². The summed E-state index contributed by atoms with van der Waals surface area (Å²) in [5.41, 5.74) is -0.161. The zero-order chi connectivity index (χ0) is 14.2. The smallest absolute Gasteiger partial charge is 0.316 e. The van der Waals surface area contributed by atoms with Crippen LogP contribution in [0.4, 0.5) is 13.2 Å². The molecule has 2 aromatic rings. The van der Waals surface area contributed by atoms with Crippen molar-refractivity contribution in [2.45, 2.75) is 25.4 Å². The number of hydrogen-bond donors (Lipinski definition) is 1. The fraction of sp³-hybridized carbons (Fsp3) is 0.500. The van der Waals surface area contributed by atoms with Gasteiger partial charge in [0.1, 0.15) is 0 Å². The maximum atomic E-state index is 12.6. The van der Waals surface area contributed by atoms with E-state index in [0.29, 0.717) is 11.4 Å². The lowest BCUT2D eigenvalue weighted by atomic mass is 10.0. The molecule has 1 unspecified atom stereocenters. The quantitative estimate of drug-likeness (QED) is 0.931. The Bertz CT molecular complexity index is 600. The summed E-state index contributed by atoms with van der Waals surface area (Å²) in [7, 11) is 0. The Morgan fingerprint density at radius 1 is 1.35 bits per heavy atom. The van der Waals surface area contributed by atoms with Crippen molar-refractivity contribution < 1.29 is 13.2 Å². The maximum absolute atomic E-state index is 12.6. The normalized spacial score (nSPS) is 19.9. The molecule has 1 saturated heterocycles. The van der Waals surface area contributed by atoms with Crippen LogP contribution in [0.1, 0.15) is 23.4 Å². The lowest BCUT2D eigenvalue weighted by Gasteiger charge is -2.05. The summed E-state index contributed by atoms with van der Waals surface area (Å²) in [6.07, 6.45) is -1.21. The van der Waals surface area contributed by atoms with E-state index in [1.165, 1.54) is 23.8 Å². The number of rotatable bonds is 3. The second-order valence-electron chi connectivity index (χ2n) is 5.19. The van der Waals surface area contributed by atoms with E-state index >= 15 is 0 Å². The molecule has 0 amide bonds. The van der Waals surface area contributed by atoms with Crippen molar-refractivity contribution in [2.75, 3.05) is 13.1 Å². The Kier molecular flexibility index (Phi) is 3.69. The summed E-state index contributed by atoms with van der Waals surface area (Å²) in [5.74, 6) is 0.674. The summed E-state index contributed by atoms with van der Waals surface area (Å²) in [5, 5.41) is 4.25. The number of nitrogens with one attached hydrogen (secondary N) is 1. The zero-order valence-corrected chi connectivity index (χ0v) is 11.7. The lowest BCUT2D eigenvalue weighted by Crippen LogP contribution is -2.09. The zero-order valence-electron chi connectivity index (χ0n) is 10.8. The SMILES string of the molecule is FC(F)(F)c1ccc2sc(CCC3CCNC3)nc2c1. The van der Waals surface area contributed by atoms with Crippen LogP contribution >= 0.6 is 11.3 Å². The van der Waals surface area contributed by atoms with Gasteiger partial charge in [0, 0.05) is 0 Å². The molecule has 1 aromatic heterocycles. The van der Waals surface area contributed by atoms with Gasteiger partial charge in [0.2, 0.25) is 0 Å². The minimum atomic E-state index is -4.30. The molecule has 1 aliphatic heterocycles. The number of aryl methyl sites for hydroxylation is 1. The third kappa shape index (κ3) is 2.96. The molecular formula is C14H15F3N2S. The van der Waals surface area contributed by atoms with E-state index in [2.05, 4.69) is 10.3 Å². The average Bonchev–Trinajstić information content (AvgIpc) is 3.03. The van der Waals surface area contributed by atoms with Crippen LogP contribution in [0.2, 0.25) is 0 Å². The van der Waals surface area contributed by atoms with E-state index in [-0.39, 0.29) is 0 Å². The highest BCUT2D eigenvalue weighted by atomic mass is 32.1. The minimum absolute atomic E-state index is 0.462. The number of aromatic nitrogens is 1. The fourth-order valence-corrected chi connectivity index (χ4v) is 3.51. The van der Waals surface area contributed by atoms with Gasteiger partial charge in [0.05, 0.1) is 20.8 Å². The molecule has 1 atom stereocenters. The van der Waals surface area contributed by atoms with Gasteiger partial charge in [-0.1, -0.05) is 0 Å². The molecule has 0 aliphatic carbocycles. The molecule has 0 spiro atoms. The molecule has 0 saturated carbocycles. The van der Waals surface area contributed by atoms with Gasteiger partial charge in [0.25, 0.3) is 0 Å². The molecule has 20 heavy (non-hydrogen) atoms. The highest BCUT2D eigenvalue weighted by Gasteiger charge is 2.30. The van der Waals surface area contributed by atoms with E-state index < -0.39 is 11.7 Å². The summed E-state index contributed by atoms with van der Waals surface area (Å²) in [4.78, 5) is 4.35. The molecule has 1 fully saturated rings. The number of halogens is 3. The van der Waals surface area contributed by atoms with Crippen molar-refractivity contribution in [3.8, 4) is 0 Å². The summed E-state index contributed by atoms with van der Waals surface area (Å²) >= 11 is 1.50. The van der Waals surface area contributed by atoms with Crippen molar-refractivity contribution >= 4 is 21.6 Å². The first kappa shape index (κ1) is 13.8. The average molecular weight is 300 g/mol. The van der Waals surface area contributed by atoms with Crippen LogP contribution in [-0.4, -0.2) is 18.1 Å². The first-order valence-electron chi connectivity index (χ1n) is 6.70. The van der Waals surface area contributed by atoms with Crippen LogP contribution in [0.25, 0.3) is 10.2 Å². The molecule has 2 nitrogen and oxygen atoms in total. The van der Waals surface area contributed by atoms with Gasteiger partial charge in [-0.05, 0) is 56.5 Å². The Hall–Kier alpha value is -1.14. The number of fused-ring (bicyclic) bond motifs is 1. The molecule has 0 radical (unpaired) electrons. The summed E-state index contributed by atoms with van der Waals surface area (Å²) < 4.78 is 38.8. The largest absolute Gasteiger partial charge is 0.416 e. The van der Waals surface area contributed by atoms with E-state index in [0.717, 1.165) is 47.8 Å². The van der Waals surface area contributed by atoms with Crippen molar-refractivity contribution in [1.29, 1.82) is 0 Å². The van der Waals surface area contributed by atoms with Crippen LogP contribution < -0.4 is 5.32 Å². The number of nitrogens with zero attached hydrogens (tertiary/aromatic N) is 1. The third-order valence-electron chi connectivity index (χ3n) is 3.69. The van der Waals surface area contributed by atoms with Gasteiger partial charge in [-0.3, -0.25) is 0 Å². The van der Waals surface area contributed by atoms with E-state index in [1.54, 1.807) is 0 Å². The lowest BCUT2D eigenvalue weighted by molar-refractivity contribution is -0.137. The number of hydrogen-bond acceptors (Lipinski definition) is 3. The van der Waals surface area contributed by atoms with E-state index in [9.17, 15) is 13.2 Å². The summed E-state index contributed by atoms with van der Waals surface area (Å²) in [6.45, 7) is 2.11. The second-order valence-corrected chi connectivity index (χ2v) is 6.30. The molecule has 0 bridgehead atoms. The van der Waals surface area contributed by atoms with Gasteiger partial charge < -0.3 is 5.32 Å². The van der Waals surface area contributed by atoms with E-state index in [1.807, 2.05) is 0 Å². The van der Waals surface area contributed by atoms with Crippen LogP contribution in [0.5, 0.6) is 0 Å². The van der Waals surface area contributed by atoms with Gasteiger partial charge in [-0.15, -0.1) is 11.3 Å². The standard InChI is InChI=1S/C14H15F3N2S/c15-14(16,17)10-2-3-12-11(7-10)19-13(20-12)4-1-9-5-6-18-8-9/h2-3,7,9,18H,1,4-6,8H2. The minimum Gasteiger partial charge on any atom is -0.316 e. The monoisotopic (exact) mass is 300 g/mol. The molecule has 1 aliphatic rings. The fourth-order valence-electron chi connectivity index (χ4n) is 2.55. The van der Waals surface area contributed by atoms with Gasteiger partial charge in [-0.2, -0.15) is 13.2 Å². The molecule has 108 valence electrons. The molecule has 2 heterocycles. The van der Waals surface area contributed by atoms with Crippen LogP contribution in [0.15, 0.2) is 18.2 Å². The van der Waals surface area contributed by atoms with Crippen LogP contribution in [0.3, 0.4) is 0 Å². The highest BCUT2D eigenvalue weighted by molar-refractivity contribution is 7.18. The van der Waals surface area contributed by atoms with Crippen molar-refractivity contribution in [2.24, 2.45) is 5.92 Å². The maximum Gasteiger partial charge on any atom is 0.416 e. The predicted octanol–water partition coefficient (Wildman–Crippen LogP) is 3.86. The van der Waals surface area contributed by atoms with Gasteiger partial charge >= 0.3 is 6.18 Å². The van der Waals surface area contributed by atoms with Crippen LogP contribution in [-0.2, 0) is 12.6 Å². The Labute approximate surface area is 119 Å². The molecule has 6 heteroatoms. The second kappa shape index (κ2) is 5.33. The molecule has 3 rings (SSSR count). The number of thiazole rings is 1. The van der Waals surface area contributed by atoms with Crippen molar-refractivity contribution in [1.82, 2.24) is 10.3 Å². The Morgan fingerprint density at radius 2 is 2.20 bits per heavy atom. The number of alkyl halides is 3. The molecular weight excluding hydrogens is 285 g/mol. The van der Waals surface area contributed by atoms with Crippen molar-refractivity contribution in [3.63, 3.8) is 0 Å². The van der Waals surface area contributed by atoms with Crippen molar-refractivity contribution in [3.05, 3.63) is 28.8 Å². The van der Waals surface area contributed by atoms with Gasteiger partial charge in [-0.25, -0.2) is 4.98 Å². The molecule has 1 aromatic carbocycles. The first-order chi connectivity index (χ1) is 9.52. The first-order valence-corrected chi connectivity index (χ1v) is 7.51. The summed E-state index contributed by atoms with van der Waals surface area (Å²) in [6, 6.07) is 3.80. The predicted molar refractivity (Wildman–Crippen MR) is 73.9 cm³/mol. The number of benzene rings is 1. The van der Waals surface area contributed by atoms with Gasteiger partial charge in [0.15, 0.2) is 0 Å². The third-order valence-corrected chi connectivity index (χ3v) is 4.78.